The van der Waals surface area contributed by atoms with Gasteiger partial charge in [-0.1, -0.05) is 18.2 Å². The van der Waals surface area contributed by atoms with E-state index < -0.39 is 17.7 Å². The van der Waals surface area contributed by atoms with E-state index in [1.54, 1.807) is 12.1 Å². The van der Waals surface area contributed by atoms with Gasteiger partial charge in [-0.2, -0.15) is 0 Å². The molecule has 0 aromatic heterocycles. The van der Waals surface area contributed by atoms with Crippen LogP contribution < -0.4 is 5.73 Å². The maximum atomic E-state index is 13.4. The van der Waals surface area contributed by atoms with Crippen molar-refractivity contribution >= 4 is 15.9 Å². The van der Waals surface area contributed by atoms with Crippen molar-refractivity contribution < 1.29 is 13.2 Å². The molecule has 1 atom stereocenters. The molecule has 0 saturated heterocycles. The Bertz CT molecular complexity index is 584. The summed E-state index contributed by atoms with van der Waals surface area (Å²) in [7, 11) is 0. The Morgan fingerprint density at radius 3 is 2.26 bits per heavy atom. The summed E-state index contributed by atoms with van der Waals surface area (Å²) < 4.78 is 39.2. The Balaban J connectivity index is 2.23. The molecule has 2 rings (SSSR count). The molecule has 0 radical (unpaired) electrons. The van der Waals surface area contributed by atoms with Gasteiger partial charge in [0.2, 0.25) is 0 Å². The number of hydrogen-bond acceptors (Lipinski definition) is 1. The molecule has 0 aliphatic carbocycles. The van der Waals surface area contributed by atoms with Crippen molar-refractivity contribution in [3.8, 4) is 0 Å². The summed E-state index contributed by atoms with van der Waals surface area (Å²) in [4.78, 5) is 0. The molecule has 0 fully saturated rings. The third-order valence-electron chi connectivity index (χ3n) is 2.83. The van der Waals surface area contributed by atoms with Gasteiger partial charge in [0, 0.05) is 6.04 Å². The van der Waals surface area contributed by atoms with Gasteiger partial charge in [-0.25, -0.2) is 13.2 Å². The van der Waals surface area contributed by atoms with Gasteiger partial charge < -0.3 is 5.73 Å². The minimum Gasteiger partial charge on any atom is -0.324 e. The SMILES string of the molecule is NC(Cc1ccc(F)cc1)c1ccc(F)c(F)c1Br. The summed E-state index contributed by atoms with van der Waals surface area (Å²) in [6.07, 6.45) is 0.407. The second kappa shape index (κ2) is 5.75. The largest absolute Gasteiger partial charge is 0.324 e. The summed E-state index contributed by atoms with van der Waals surface area (Å²) in [6.45, 7) is 0. The standard InChI is InChI=1S/C14H11BrF3N/c15-13-10(5-6-11(17)14(13)18)12(19)7-8-1-3-9(16)4-2-8/h1-6,12H,7,19H2. The fraction of sp³-hybridized carbons (Fsp3) is 0.143. The molecule has 0 spiro atoms. The summed E-state index contributed by atoms with van der Waals surface area (Å²) in [5.41, 5.74) is 7.27. The molecule has 2 aromatic rings. The van der Waals surface area contributed by atoms with E-state index in [2.05, 4.69) is 15.9 Å². The molecular weight excluding hydrogens is 319 g/mol. The number of benzene rings is 2. The molecule has 0 saturated carbocycles. The van der Waals surface area contributed by atoms with E-state index in [4.69, 9.17) is 5.73 Å². The van der Waals surface area contributed by atoms with Crippen molar-refractivity contribution in [1.82, 2.24) is 0 Å². The lowest BCUT2D eigenvalue weighted by atomic mass is 9.99. The zero-order valence-electron chi connectivity index (χ0n) is 9.84. The van der Waals surface area contributed by atoms with Crippen molar-refractivity contribution in [3.05, 3.63) is 69.4 Å². The van der Waals surface area contributed by atoms with Gasteiger partial charge in [0.05, 0.1) is 4.47 Å². The highest BCUT2D eigenvalue weighted by Gasteiger charge is 2.16. The lowest BCUT2D eigenvalue weighted by Gasteiger charge is -2.14. The van der Waals surface area contributed by atoms with Crippen LogP contribution in [0.15, 0.2) is 40.9 Å². The lowest BCUT2D eigenvalue weighted by Crippen LogP contribution is -2.15. The molecule has 1 unspecified atom stereocenters. The van der Waals surface area contributed by atoms with Crippen molar-refractivity contribution in [3.63, 3.8) is 0 Å². The molecule has 100 valence electrons. The predicted octanol–water partition coefficient (Wildman–Crippen LogP) is 4.11. The average molecular weight is 330 g/mol. The molecule has 1 nitrogen and oxygen atoms in total. The van der Waals surface area contributed by atoms with Crippen LogP contribution in [-0.4, -0.2) is 0 Å². The normalized spacial score (nSPS) is 12.5. The fourth-order valence-corrected chi connectivity index (χ4v) is 2.43. The molecule has 0 aliphatic rings. The summed E-state index contributed by atoms with van der Waals surface area (Å²) >= 11 is 3.00. The van der Waals surface area contributed by atoms with Crippen LogP contribution in [0.3, 0.4) is 0 Å². The van der Waals surface area contributed by atoms with Gasteiger partial charge >= 0.3 is 0 Å². The first-order valence-electron chi connectivity index (χ1n) is 5.62. The highest BCUT2D eigenvalue weighted by molar-refractivity contribution is 9.10. The molecule has 0 bridgehead atoms. The Kier molecular flexibility index (Phi) is 4.27. The number of rotatable bonds is 3. The Morgan fingerprint density at radius 1 is 1.00 bits per heavy atom. The van der Waals surface area contributed by atoms with E-state index in [0.717, 1.165) is 11.6 Å². The van der Waals surface area contributed by atoms with Crippen LogP contribution in [-0.2, 0) is 6.42 Å². The smallest absolute Gasteiger partial charge is 0.173 e. The first-order chi connectivity index (χ1) is 8.99. The molecule has 19 heavy (non-hydrogen) atoms. The van der Waals surface area contributed by atoms with Crippen LogP contribution in [0.25, 0.3) is 0 Å². The highest BCUT2D eigenvalue weighted by Crippen LogP contribution is 2.28. The lowest BCUT2D eigenvalue weighted by molar-refractivity contribution is 0.500. The molecule has 2 N–H and O–H groups in total. The average Bonchev–Trinajstić information content (AvgIpc) is 2.39. The van der Waals surface area contributed by atoms with E-state index in [1.807, 2.05) is 0 Å². The van der Waals surface area contributed by atoms with Gasteiger partial charge in [0.1, 0.15) is 5.82 Å². The van der Waals surface area contributed by atoms with Gasteiger partial charge in [-0.15, -0.1) is 0 Å². The first kappa shape index (κ1) is 14.1. The van der Waals surface area contributed by atoms with Crippen LogP contribution >= 0.6 is 15.9 Å². The van der Waals surface area contributed by atoms with E-state index >= 15 is 0 Å². The van der Waals surface area contributed by atoms with Gasteiger partial charge in [0.25, 0.3) is 0 Å². The minimum atomic E-state index is -0.952. The van der Waals surface area contributed by atoms with Crippen molar-refractivity contribution in [2.45, 2.75) is 12.5 Å². The van der Waals surface area contributed by atoms with Crippen molar-refractivity contribution in [2.24, 2.45) is 5.73 Å². The van der Waals surface area contributed by atoms with Crippen LogP contribution in [0.2, 0.25) is 0 Å². The van der Waals surface area contributed by atoms with Crippen LogP contribution in [0.4, 0.5) is 13.2 Å². The van der Waals surface area contributed by atoms with Crippen LogP contribution in [0.1, 0.15) is 17.2 Å². The maximum absolute atomic E-state index is 13.4. The fourth-order valence-electron chi connectivity index (χ4n) is 1.81. The number of hydrogen-bond donors (Lipinski definition) is 1. The van der Waals surface area contributed by atoms with E-state index in [1.165, 1.54) is 18.2 Å². The summed E-state index contributed by atoms with van der Waals surface area (Å²) in [5, 5.41) is 0. The molecule has 0 heterocycles. The molecule has 5 heteroatoms. The number of halogens is 4. The van der Waals surface area contributed by atoms with Crippen molar-refractivity contribution in [2.75, 3.05) is 0 Å². The second-order valence-corrected chi connectivity index (χ2v) is 4.99. The van der Waals surface area contributed by atoms with Gasteiger partial charge in [-0.05, 0) is 51.7 Å². The quantitative estimate of drug-likeness (QED) is 0.842. The van der Waals surface area contributed by atoms with Crippen LogP contribution in [0, 0.1) is 17.5 Å². The minimum absolute atomic E-state index is 0.0297. The second-order valence-electron chi connectivity index (χ2n) is 4.20. The van der Waals surface area contributed by atoms with E-state index in [0.29, 0.717) is 12.0 Å². The summed E-state index contributed by atoms with van der Waals surface area (Å²) in [6, 6.07) is 7.88. The van der Waals surface area contributed by atoms with E-state index in [-0.39, 0.29) is 10.3 Å². The van der Waals surface area contributed by atoms with Crippen molar-refractivity contribution in [1.29, 1.82) is 0 Å². The summed E-state index contributed by atoms with van der Waals surface area (Å²) in [5.74, 6) is -2.21. The molecule has 2 aromatic carbocycles. The number of nitrogens with two attached hydrogens (primary N) is 1. The van der Waals surface area contributed by atoms with Crippen LogP contribution in [0.5, 0.6) is 0 Å². The molecule has 0 amide bonds. The Morgan fingerprint density at radius 2 is 1.63 bits per heavy atom. The zero-order valence-corrected chi connectivity index (χ0v) is 11.4. The third kappa shape index (κ3) is 3.16. The van der Waals surface area contributed by atoms with E-state index in [9.17, 15) is 13.2 Å². The van der Waals surface area contributed by atoms with Gasteiger partial charge in [-0.3, -0.25) is 0 Å². The van der Waals surface area contributed by atoms with Gasteiger partial charge in [0.15, 0.2) is 11.6 Å². The zero-order chi connectivity index (χ0) is 14.0. The topological polar surface area (TPSA) is 26.0 Å². The molecule has 0 aliphatic heterocycles. The highest BCUT2D eigenvalue weighted by atomic mass is 79.9. The maximum Gasteiger partial charge on any atom is 0.173 e. The third-order valence-corrected chi connectivity index (χ3v) is 3.64. The monoisotopic (exact) mass is 329 g/mol. The first-order valence-corrected chi connectivity index (χ1v) is 6.41. The Hall–Kier alpha value is -1.33. The predicted molar refractivity (Wildman–Crippen MR) is 71.1 cm³/mol. The molecular formula is C14H11BrF3N. The Labute approximate surface area is 117 Å².